The quantitative estimate of drug-likeness (QED) is 0.248. The van der Waals surface area contributed by atoms with Crippen LogP contribution >= 0.6 is 0 Å². The fourth-order valence-electron chi connectivity index (χ4n) is 4.64. The average molecular weight is 621 g/mol. The second-order valence-electron chi connectivity index (χ2n) is 10.5. The molecule has 0 saturated heterocycles. The lowest BCUT2D eigenvalue weighted by molar-refractivity contribution is -0.126. The van der Waals surface area contributed by atoms with Gasteiger partial charge >= 0.3 is 0 Å². The average Bonchev–Trinajstić information content (AvgIpc) is 3.72. The summed E-state index contributed by atoms with van der Waals surface area (Å²) in [6.45, 7) is 5.98. The van der Waals surface area contributed by atoms with Crippen LogP contribution in [0.4, 0.5) is 5.95 Å². The van der Waals surface area contributed by atoms with E-state index in [2.05, 4.69) is 14.9 Å². The van der Waals surface area contributed by atoms with Crippen molar-refractivity contribution in [1.29, 1.82) is 0 Å². The SMILES string of the molecule is CCCc1cc(C(=O)N(C)c2ncon2)ccc1OC(C(=O)NS(=O)(=O)c1ccc(C(C)C)cc1)c1ccc2c(c1)OCO2. The maximum atomic E-state index is 13.7. The van der Waals surface area contributed by atoms with Crippen LogP contribution in [0.2, 0.25) is 0 Å². The Kier molecular flexibility index (Phi) is 8.86. The lowest BCUT2D eigenvalue weighted by atomic mass is 10.0. The van der Waals surface area contributed by atoms with Gasteiger partial charge in [0.25, 0.3) is 27.8 Å². The molecule has 0 radical (unpaired) electrons. The Hall–Kier alpha value is -4.91. The first-order valence-electron chi connectivity index (χ1n) is 14.0. The number of amides is 2. The van der Waals surface area contributed by atoms with Crippen molar-refractivity contribution in [2.75, 3.05) is 18.7 Å². The standard InChI is InChI=1S/C31H32N4O8S/c1-5-6-21-15-23(30(37)35(4)31-32-17-42-33-31)10-13-25(21)43-28(22-9-14-26-27(16-22)41-18-40-26)29(36)34-44(38,39)24-11-7-20(8-12-24)19(2)3/h7-17,19,28H,5-6,18H2,1-4H3,(H,34,36). The van der Waals surface area contributed by atoms with E-state index in [1.165, 1.54) is 24.1 Å². The molecule has 44 heavy (non-hydrogen) atoms. The summed E-state index contributed by atoms with van der Waals surface area (Å²) in [5.74, 6) is 0.227. The third kappa shape index (κ3) is 6.52. The summed E-state index contributed by atoms with van der Waals surface area (Å²) in [4.78, 5) is 31.9. The highest BCUT2D eigenvalue weighted by Gasteiger charge is 2.30. The molecule has 2 amide bonds. The van der Waals surface area contributed by atoms with Crippen LogP contribution in [0.25, 0.3) is 0 Å². The Morgan fingerprint density at radius 3 is 2.41 bits per heavy atom. The predicted octanol–water partition coefficient (Wildman–Crippen LogP) is 4.78. The summed E-state index contributed by atoms with van der Waals surface area (Å²) in [6, 6.07) is 16.0. The zero-order valence-electron chi connectivity index (χ0n) is 24.6. The molecular formula is C31H32N4O8S. The number of fused-ring (bicyclic) bond motifs is 1. The van der Waals surface area contributed by atoms with Crippen molar-refractivity contribution in [1.82, 2.24) is 14.9 Å². The Morgan fingerprint density at radius 1 is 1.00 bits per heavy atom. The molecular weight excluding hydrogens is 588 g/mol. The Labute approximate surface area is 255 Å². The second-order valence-corrected chi connectivity index (χ2v) is 12.2. The Bertz CT molecular complexity index is 1760. The maximum absolute atomic E-state index is 13.7. The fraction of sp³-hybridized carbons (Fsp3) is 0.290. The zero-order chi connectivity index (χ0) is 31.4. The number of sulfonamides is 1. The summed E-state index contributed by atoms with van der Waals surface area (Å²) < 4.78 is 50.6. The van der Waals surface area contributed by atoms with Crippen LogP contribution in [-0.2, 0) is 21.2 Å². The number of nitrogens with zero attached hydrogens (tertiary/aromatic N) is 3. The molecule has 3 aromatic carbocycles. The minimum Gasteiger partial charge on any atom is -0.475 e. The van der Waals surface area contributed by atoms with Crippen molar-refractivity contribution in [3.05, 3.63) is 89.3 Å². The molecule has 0 fully saturated rings. The number of carbonyl (C=O) groups is 2. The van der Waals surface area contributed by atoms with Gasteiger partial charge in [0.15, 0.2) is 11.5 Å². The summed E-state index contributed by atoms with van der Waals surface area (Å²) in [5, 5.41) is 3.70. The van der Waals surface area contributed by atoms with E-state index in [4.69, 9.17) is 18.7 Å². The number of anilines is 1. The lowest BCUT2D eigenvalue weighted by Gasteiger charge is -2.22. The van der Waals surface area contributed by atoms with Crippen molar-refractivity contribution in [2.24, 2.45) is 0 Å². The van der Waals surface area contributed by atoms with Crippen molar-refractivity contribution in [3.8, 4) is 17.2 Å². The first kappa shape index (κ1) is 30.5. The van der Waals surface area contributed by atoms with E-state index >= 15 is 0 Å². The lowest BCUT2D eigenvalue weighted by Crippen LogP contribution is -2.37. The molecule has 0 spiro atoms. The molecule has 1 N–H and O–H groups in total. The second kappa shape index (κ2) is 12.8. The van der Waals surface area contributed by atoms with Crippen LogP contribution in [0, 0.1) is 0 Å². The molecule has 5 rings (SSSR count). The van der Waals surface area contributed by atoms with Crippen molar-refractivity contribution >= 4 is 27.8 Å². The molecule has 12 nitrogen and oxygen atoms in total. The molecule has 230 valence electrons. The summed E-state index contributed by atoms with van der Waals surface area (Å²) >= 11 is 0. The first-order chi connectivity index (χ1) is 21.1. The third-order valence-electron chi connectivity index (χ3n) is 7.06. The number of hydrogen-bond donors (Lipinski definition) is 1. The number of carbonyl (C=O) groups excluding carboxylic acids is 2. The number of benzene rings is 3. The van der Waals surface area contributed by atoms with Gasteiger partial charge in [-0.1, -0.05) is 45.4 Å². The number of ether oxygens (including phenoxy) is 3. The third-order valence-corrected chi connectivity index (χ3v) is 8.42. The highest BCUT2D eigenvalue weighted by molar-refractivity contribution is 7.90. The van der Waals surface area contributed by atoms with E-state index in [1.807, 2.05) is 20.8 Å². The number of aromatic nitrogens is 2. The van der Waals surface area contributed by atoms with Crippen LogP contribution < -0.4 is 23.8 Å². The van der Waals surface area contributed by atoms with Gasteiger partial charge in [-0.2, -0.15) is 4.98 Å². The summed E-state index contributed by atoms with van der Waals surface area (Å²) in [6.07, 6.45) is 0.948. The van der Waals surface area contributed by atoms with Crippen LogP contribution in [0.5, 0.6) is 17.2 Å². The molecule has 0 aliphatic carbocycles. The minimum absolute atomic E-state index is 0.0195. The van der Waals surface area contributed by atoms with E-state index in [0.717, 1.165) is 12.0 Å². The topological polar surface area (TPSA) is 150 Å². The monoisotopic (exact) mass is 620 g/mol. The molecule has 0 bridgehead atoms. The van der Waals surface area contributed by atoms with Gasteiger partial charge in [0, 0.05) is 18.2 Å². The van der Waals surface area contributed by atoms with Crippen molar-refractivity contribution in [2.45, 2.75) is 50.5 Å². The molecule has 1 aromatic heterocycles. The van der Waals surface area contributed by atoms with Crippen LogP contribution in [-0.4, -0.2) is 44.2 Å². The van der Waals surface area contributed by atoms with Gasteiger partial charge in [0.05, 0.1) is 4.90 Å². The van der Waals surface area contributed by atoms with Crippen LogP contribution in [0.1, 0.15) is 66.3 Å². The maximum Gasteiger partial charge on any atom is 0.279 e. The van der Waals surface area contributed by atoms with E-state index in [1.54, 1.807) is 48.5 Å². The summed E-state index contributed by atoms with van der Waals surface area (Å²) in [7, 11) is -2.71. The number of nitrogens with one attached hydrogen (secondary N) is 1. The van der Waals surface area contributed by atoms with Gasteiger partial charge in [-0.3, -0.25) is 14.5 Å². The molecule has 0 saturated carbocycles. The van der Waals surface area contributed by atoms with E-state index < -0.39 is 22.0 Å². The van der Waals surface area contributed by atoms with E-state index in [-0.39, 0.29) is 29.5 Å². The molecule has 13 heteroatoms. The first-order valence-corrected chi connectivity index (χ1v) is 15.5. The zero-order valence-corrected chi connectivity index (χ0v) is 25.5. The van der Waals surface area contributed by atoms with Gasteiger partial charge in [-0.15, -0.1) is 0 Å². The normalized spacial score (nSPS) is 13.0. The molecule has 1 aliphatic heterocycles. The predicted molar refractivity (Wildman–Crippen MR) is 159 cm³/mol. The molecule has 4 aromatic rings. The largest absolute Gasteiger partial charge is 0.475 e. The van der Waals surface area contributed by atoms with Gasteiger partial charge in [-0.05, 0) is 71.1 Å². The fourth-order valence-corrected chi connectivity index (χ4v) is 5.63. The minimum atomic E-state index is -4.23. The number of rotatable bonds is 11. The van der Waals surface area contributed by atoms with Gasteiger partial charge in [-0.25, -0.2) is 13.1 Å². The van der Waals surface area contributed by atoms with Crippen LogP contribution in [0.15, 0.2) is 76.5 Å². The highest BCUT2D eigenvalue weighted by Crippen LogP contribution is 2.36. The van der Waals surface area contributed by atoms with Gasteiger partial charge < -0.3 is 18.7 Å². The molecule has 1 aliphatic rings. The van der Waals surface area contributed by atoms with Gasteiger partial charge in [0.2, 0.25) is 19.3 Å². The molecule has 1 atom stereocenters. The number of aryl methyl sites for hydroxylation is 1. The molecule has 2 heterocycles. The van der Waals surface area contributed by atoms with Crippen LogP contribution in [0.3, 0.4) is 0 Å². The van der Waals surface area contributed by atoms with Gasteiger partial charge in [0.1, 0.15) is 5.75 Å². The van der Waals surface area contributed by atoms with Crippen molar-refractivity contribution in [3.63, 3.8) is 0 Å². The van der Waals surface area contributed by atoms with E-state index in [9.17, 15) is 18.0 Å². The van der Waals surface area contributed by atoms with E-state index in [0.29, 0.717) is 46.8 Å². The van der Waals surface area contributed by atoms with Crippen molar-refractivity contribution < 1.29 is 36.7 Å². The smallest absolute Gasteiger partial charge is 0.279 e. The number of hydrogen-bond acceptors (Lipinski definition) is 10. The molecule has 1 unspecified atom stereocenters. The summed E-state index contributed by atoms with van der Waals surface area (Å²) in [5.41, 5.74) is 2.29. The Balaban J connectivity index is 1.47. The Morgan fingerprint density at radius 2 is 1.73 bits per heavy atom. The highest BCUT2D eigenvalue weighted by atomic mass is 32.2.